The van der Waals surface area contributed by atoms with Crippen molar-refractivity contribution in [1.29, 1.82) is 0 Å². The summed E-state index contributed by atoms with van der Waals surface area (Å²) in [5, 5.41) is 0. The number of hydrogen-bond acceptors (Lipinski definition) is 9. The molecule has 198 valence electrons. The fourth-order valence-corrected chi connectivity index (χ4v) is 51.6. The summed E-state index contributed by atoms with van der Waals surface area (Å²) in [7, 11) is -6.84. The third-order valence-corrected chi connectivity index (χ3v) is 56.9. The van der Waals surface area contributed by atoms with Gasteiger partial charge in [0.2, 0.25) is 0 Å². The first kappa shape index (κ1) is 29.4. The van der Waals surface area contributed by atoms with Crippen LogP contribution in [0.1, 0.15) is 80.1 Å². The van der Waals surface area contributed by atoms with Crippen LogP contribution in [-0.2, 0) is 25.2 Å². The second kappa shape index (κ2) is 10.4. The Labute approximate surface area is 226 Å². The van der Waals surface area contributed by atoms with E-state index in [2.05, 4.69) is 41.5 Å². The van der Waals surface area contributed by atoms with Crippen LogP contribution in [0.15, 0.2) is 0 Å². The van der Waals surface area contributed by atoms with Gasteiger partial charge in [0.05, 0.1) is 0 Å². The molecule has 0 N–H and O–H groups in total. The van der Waals surface area contributed by atoms with Gasteiger partial charge >= 0.3 is 229 Å². The molecule has 0 aliphatic carbocycles. The molecular formula is C18H42O9P3Sb3. The molecule has 0 radical (unpaired) electrons. The molecule has 9 fully saturated rings. The molecule has 33 heavy (non-hydrogen) atoms. The van der Waals surface area contributed by atoms with Crippen LogP contribution in [0.3, 0.4) is 0 Å². The molecule has 9 aliphatic rings. The van der Waals surface area contributed by atoms with Gasteiger partial charge in [-0.1, -0.05) is 0 Å². The van der Waals surface area contributed by atoms with Gasteiger partial charge in [-0.2, -0.15) is 0 Å². The molecule has 9 aliphatic heterocycles. The Hall–Kier alpha value is 3.38. The molecule has 0 aromatic heterocycles. The molecule has 0 aromatic rings. The normalized spacial score (nSPS) is 34.5. The van der Waals surface area contributed by atoms with Crippen LogP contribution < -0.4 is 0 Å². The summed E-state index contributed by atoms with van der Waals surface area (Å²) in [6, 6.07) is 0. The molecule has 6 bridgehead atoms. The van der Waals surface area contributed by atoms with Gasteiger partial charge in [0.25, 0.3) is 0 Å². The van der Waals surface area contributed by atoms with Crippen LogP contribution in [-0.4, -0.2) is 101 Å². The van der Waals surface area contributed by atoms with Gasteiger partial charge < -0.3 is 0 Å². The molecular weight excluding hydrogens is 818 g/mol. The van der Waals surface area contributed by atoms with Crippen LogP contribution >= 0.6 is 21.9 Å². The van der Waals surface area contributed by atoms with Crippen LogP contribution in [0.4, 0.5) is 0 Å². The predicted octanol–water partition coefficient (Wildman–Crippen LogP) is 6.50. The number of hydrogen-bond donors (Lipinski definition) is 0. The molecule has 15 heteroatoms. The predicted molar refractivity (Wildman–Crippen MR) is 139 cm³/mol. The second-order valence-corrected chi connectivity index (χ2v) is 37.3. The quantitative estimate of drug-likeness (QED) is 0.162. The third-order valence-electron chi connectivity index (χ3n) is 6.17. The molecule has 9 heterocycles. The van der Waals surface area contributed by atoms with Gasteiger partial charge in [-0.15, -0.1) is 0 Å². The van der Waals surface area contributed by atoms with Crippen LogP contribution in [0.5, 0.6) is 0 Å². The monoisotopic (exact) mass is 858 g/mol. The van der Waals surface area contributed by atoms with E-state index in [1.807, 2.05) is 0 Å². The van der Waals surface area contributed by atoms with Crippen molar-refractivity contribution in [1.82, 2.24) is 0 Å². The average molecular weight is 861 g/mol. The van der Waals surface area contributed by atoms with Crippen molar-refractivity contribution < 1.29 is 25.2 Å². The van der Waals surface area contributed by atoms with Crippen LogP contribution in [0.25, 0.3) is 0 Å². The standard InChI is InChI=1S/3C6H14O3P.3Sb/c3*1-3-5-10(7,8,9)6-4-2;;;/h3*3-6H2,1-2H3;;;/q3*-3;3*+3. The van der Waals surface area contributed by atoms with Crippen LogP contribution in [0.2, 0.25) is 0 Å². The molecule has 9 saturated heterocycles. The summed E-state index contributed by atoms with van der Waals surface area (Å²) >= 11 is -5.53. The molecule has 0 saturated carbocycles. The molecule has 9 nitrogen and oxygen atoms in total. The molecule has 0 atom stereocenters. The van der Waals surface area contributed by atoms with Crippen LogP contribution in [0, 0.1) is 0 Å². The summed E-state index contributed by atoms with van der Waals surface area (Å²) in [5.74, 6) is 0. The molecule has 0 aromatic carbocycles. The molecule has 9 rings (SSSR count). The first-order valence-electron chi connectivity index (χ1n) is 12.4. The minimum absolute atomic E-state index is 1.03. The summed E-state index contributed by atoms with van der Waals surface area (Å²) < 4.78 is 51.8. The summed E-state index contributed by atoms with van der Waals surface area (Å²) in [5.41, 5.74) is 0. The summed E-state index contributed by atoms with van der Waals surface area (Å²) in [6.07, 6.45) is 12.9. The Kier molecular flexibility index (Phi) is 9.27. The Balaban J connectivity index is 0.000000118. The zero-order valence-corrected chi connectivity index (χ0v) is 31.2. The van der Waals surface area contributed by atoms with E-state index < -0.39 is 86.3 Å². The van der Waals surface area contributed by atoms with Gasteiger partial charge in [0, 0.05) is 0 Å². The topological polar surface area (TPSA) is 83.1 Å². The van der Waals surface area contributed by atoms with Crippen molar-refractivity contribution in [3.8, 4) is 0 Å². The Bertz CT molecular complexity index is 566. The van der Waals surface area contributed by atoms with Gasteiger partial charge in [-0.25, -0.2) is 0 Å². The Morgan fingerprint density at radius 1 is 0.333 bits per heavy atom. The first-order chi connectivity index (χ1) is 15.7. The first-order valence-corrected chi connectivity index (χ1v) is 28.9. The maximum absolute atomic E-state index is 5.75. The van der Waals surface area contributed by atoms with E-state index in [-0.39, 0.29) is 0 Å². The van der Waals surface area contributed by atoms with Gasteiger partial charge in [-0.3, -0.25) is 0 Å². The van der Waals surface area contributed by atoms with E-state index >= 15 is 0 Å². The Morgan fingerprint density at radius 3 is 0.545 bits per heavy atom. The molecule has 0 unspecified atom stereocenters. The second-order valence-electron chi connectivity index (χ2n) is 9.41. The fraction of sp³-hybridized carbons (Fsp3) is 1.00. The van der Waals surface area contributed by atoms with Gasteiger partial charge in [0.15, 0.2) is 0 Å². The zero-order chi connectivity index (χ0) is 23.9. The molecule has 0 amide bonds. The number of rotatable bonds is 12. The van der Waals surface area contributed by atoms with Crippen molar-refractivity contribution in [2.24, 2.45) is 0 Å². The summed E-state index contributed by atoms with van der Waals surface area (Å²) in [6.45, 7) is 12.9. The summed E-state index contributed by atoms with van der Waals surface area (Å²) in [4.78, 5) is 0. The van der Waals surface area contributed by atoms with Crippen molar-refractivity contribution in [3.63, 3.8) is 0 Å². The van der Waals surface area contributed by atoms with E-state index in [1.165, 1.54) is 0 Å². The van der Waals surface area contributed by atoms with E-state index in [1.54, 1.807) is 0 Å². The zero-order valence-electron chi connectivity index (χ0n) is 20.8. The Morgan fingerprint density at radius 2 is 0.485 bits per heavy atom. The van der Waals surface area contributed by atoms with Crippen molar-refractivity contribution in [2.45, 2.75) is 80.1 Å². The minimum atomic E-state index is -2.28. The van der Waals surface area contributed by atoms with Gasteiger partial charge in [-0.05, 0) is 0 Å². The van der Waals surface area contributed by atoms with Crippen molar-refractivity contribution in [3.05, 3.63) is 0 Å². The van der Waals surface area contributed by atoms with Crippen molar-refractivity contribution in [2.75, 3.05) is 37.0 Å². The average Bonchev–Trinajstić information content (AvgIpc) is 2.62. The van der Waals surface area contributed by atoms with E-state index in [0.29, 0.717) is 0 Å². The van der Waals surface area contributed by atoms with E-state index in [0.717, 1.165) is 75.5 Å². The van der Waals surface area contributed by atoms with E-state index in [9.17, 15) is 0 Å². The van der Waals surface area contributed by atoms with E-state index in [4.69, 9.17) is 25.2 Å². The fourth-order valence-electron chi connectivity index (χ4n) is 5.06. The SMILES string of the molecule is CCCP12(CCC)[O][Sb]([O]1)[O]2.CCCP12(CCC)[O][Sb]([O]1)[O]2.CCCP12(CCC)[O][Sb]([O]1)[O]2. The van der Waals surface area contributed by atoms with Crippen molar-refractivity contribution >= 4 is 86.3 Å². The maximum atomic E-state index is 5.75. The molecule has 0 spiro atoms. The third kappa shape index (κ3) is 5.16. The van der Waals surface area contributed by atoms with Gasteiger partial charge in [0.1, 0.15) is 0 Å².